The van der Waals surface area contributed by atoms with Crippen molar-refractivity contribution in [1.82, 2.24) is 71.0 Å². The smallest absolute Gasteiger partial charge is 0.543 e. The molecule has 42 heteroatoms. The van der Waals surface area contributed by atoms with E-state index >= 15 is 0 Å². The number of hydrogen-bond donors (Lipinski definition) is 8. The van der Waals surface area contributed by atoms with Gasteiger partial charge in [-0.2, -0.15) is 0 Å². The van der Waals surface area contributed by atoms with Gasteiger partial charge in [0, 0.05) is 59.5 Å². The fourth-order valence-electron chi connectivity index (χ4n) is 8.90. The minimum absolute atomic E-state index is 0. The van der Waals surface area contributed by atoms with E-state index in [2.05, 4.69) is 62.0 Å². The van der Waals surface area contributed by atoms with Gasteiger partial charge in [-0.1, -0.05) is 44.0 Å². The third-order valence-corrected chi connectivity index (χ3v) is 19.0. The number of fused-ring (bicyclic) bond motifs is 2. The van der Waals surface area contributed by atoms with Crippen LogP contribution in [0.15, 0.2) is 53.9 Å². The van der Waals surface area contributed by atoms with Crippen LogP contribution in [-0.4, -0.2) is 187 Å². The van der Waals surface area contributed by atoms with Crippen molar-refractivity contribution in [3.8, 4) is 0 Å². The number of rotatable bonds is 20. The van der Waals surface area contributed by atoms with Crippen LogP contribution in [0.4, 0.5) is 10.3 Å². The number of carbonyl (C=O) groups is 8. The maximum absolute atomic E-state index is 13.3. The average Bonchev–Trinajstić information content (AvgIpc) is 3.48. The number of β-lactam (4-membered cyclic amide) rings is 2. The number of aromatic nitrogens is 10. The molecule has 0 aromatic carbocycles. The number of amides is 4. The van der Waals surface area contributed by atoms with Crippen molar-refractivity contribution in [2.75, 3.05) is 46.2 Å². The monoisotopic (exact) mass is 1260 g/mol. The van der Waals surface area contributed by atoms with Crippen molar-refractivity contribution >= 4 is 139 Å². The summed E-state index contributed by atoms with van der Waals surface area (Å²) in [5, 5.41) is 79.7. The molecule has 82 heavy (non-hydrogen) atoms. The zero-order valence-corrected chi connectivity index (χ0v) is 51.7. The molecule has 424 valence electrons. The predicted octanol–water partition coefficient (Wildman–Crippen LogP) is -10.5. The summed E-state index contributed by atoms with van der Waals surface area (Å²) in [6.45, 7) is 0. The Morgan fingerprint density at radius 2 is 1.04 bits per heavy atom. The zero-order valence-electron chi connectivity index (χ0n) is 42.8. The molecule has 4 aromatic rings. The Hall–Kier alpha value is -5.82. The van der Waals surface area contributed by atoms with Crippen molar-refractivity contribution < 1.29 is 128 Å². The first-order valence-electron chi connectivity index (χ1n) is 23.3. The number of carboxylic acids is 4. The van der Waals surface area contributed by atoms with E-state index in [0.717, 1.165) is 65.6 Å². The van der Waals surface area contributed by atoms with Crippen molar-refractivity contribution in [3.05, 3.63) is 44.7 Å². The van der Waals surface area contributed by atoms with Crippen molar-refractivity contribution in [2.24, 2.45) is 10.3 Å². The van der Waals surface area contributed by atoms with Gasteiger partial charge in [-0.25, -0.2) is 19.6 Å². The van der Waals surface area contributed by atoms with Crippen molar-refractivity contribution in [1.29, 1.82) is 0 Å². The molecule has 0 spiro atoms. The minimum Gasteiger partial charge on any atom is -0.543 e. The molecule has 0 unspecified atom stereocenters. The summed E-state index contributed by atoms with van der Waals surface area (Å²) >= 11 is 6.72. The van der Waals surface area contributed by atoms with Crippen molar-refractivity contribution in [2.45, 2.75) is 95.7 Å². The molecular formula is C40H42N20Na2O14S6. The van der Waals surface area contributed by atoms with E-state index in [1.807, 2.05) is 0 Å². The second-order valence-corrected chi connectivity index (χ2v) is 23.7. The topological polar surface area (TPSA) is 514 Å². The Morgan fingerprint density at radius 1 is 0.671 bits per heavy atom. The number of carbonyl (C=O) groups excluding carboxylic acids is 6. The number of tetrazole rings is 2. The van der Waals surface area contributed by atoms with Gasteiger partial charge >= 0.3 is 71.1 Å². The van der Waals surface area contributed by atoms with Gasteiger partial charge in [0.2, 0.25) is 21.5 Å². The fourth-order valence-corrected chi connectivity index (χ4v) is 14.6. The second kappa shape index (κ2) is 26.8. The van der Waals surface area contributed by atoms with Crippen molar-refractivity contribution in [3.63, 3.8) is 0 Å². The summed E-state index contributed by atoms with van der Waals surface area (Å²) in [5.41, 5.74) is 7.83. The number of anilines is 2. The summed E-state index contributed by atoms with van der Waals surface area (Å²) in [6, 6.07) is -2.20. The fraction of sp³-hybridized carbons (Fsp3) is 0.450. The van der Waals surface area contributed by atoms with Crippen LogP contribution in [0.1, 0.15) is 62.8 Å². The van der Waals surface area contributed by atoms with Gasteiger partial charge in [-0.05, 0) is 57.7 Å². The molecule has 4 fully saturated rings. The quantitative estimate of drug-likeness (QED) is 0.0102. The number of nitrogens with two attached hydrogens (primary N) is 4. The molecule has 2 aliphatic carbocycles. The molecule has 8 heterocycles. The number of hydrogen-bond acceptors (Lipinski definition) is 32. The SMILES string of the molecule is Nc1nc(/C(=N/OC2(C(=O)O)CCCC2)C(=O)N[C@@H]2C(=O)N3C(C(=O)[O-])=C(CSc4nnnn4N)CS[C@H]23)cs1.Nc1nc(/C(=N/OC2(C(=O)O)CCCC2)C(=O)N[C@@H]2C(=O)N3C(C(=O)[O-])=C(CSc4nnnn4N)CS[C@H]23)cs1.[Na+].[Na+]. The van der Waals surface area contributed by atoms with Gasteiger partial charge in [0.25, 0.3) is 23.6 Å². The normalized spacial score (nSPS) is 21.5. The van der Waals surface area contributed by atoms with Crippen LogP contribution in [0.3, 0.4) is 0 Å². The third-order valence-electron chi connectivity index (χ3n) is 12.9. The van der Waals surface area contributed by atoms with Crippen LogP contribution in [0, 0.1) is 0 Å². The molecule has 4 aromatic heterocycles. The van der Waals surface area contributed by atoms with Crippen LogP contribution in [0.5, 0.6) is 0 Å². The molecule has 4 aliphatic heterocycles. The van der Waals surface area contributed by atoms with Gasteiger partial charge in [0.15, 0.2) is 21.7 Å². The number of thioether (sulfide) groups is 4. The molecule has 0 bridgehead atoms. The summed E-state index contributed by atoms with van der Waals surface area (Å²) in [6.07, 6.45) is 3.35. The van der Waals surface area contributed by atoms with E-state index in [-0.39, 0.29) is 163 Å². The molecular weight excluding hydrogens is 1220 g/mol. The van der Waals surface area contributed by atoms with E-state index in [4.69, 9.17) is 32.8 Å². The summed E-state index contributed by atoms with van der Waals surface area (Å²) in [5.74, 6) is 3.31. The molecule has 4 atom stereocenters. The molecule has 0 radical (unpaired) electrons. The van der Waals surface area contributed by atoms with Gasteiger partial charge in [-0.15, -0.1) is 55.8 Å². The van der Waals surface area contributed by atoms with Crippen LogP contribution >= 0.6 is 69.7 Å². The number of nitrogens with one attached hydrogen (secondary N) is 2. The average molecular weight is 1270 g/mol. The van der Waals surface area contributed by atoms with Gasteiger partial charge in [0.1, 0.15) is 34.2 Å². The maximum Gasteiger partial charge on any atom is 1.00 e. The van der Waals surface area contributed by atoms with E-state index in [9.17, 15) is 58.8 Å². The Balaban J connectivity index is 0.000000230. The van der Waals surface area contributed by atoms with Gasteiger partial charge in [0.05, 0.1) is 23.3 Å². The number of nitrogen functional groups attached to an aromatic ring is 4. The molecule has 2 saturated heterocycles. The molecule has 34 nitrogen and oxygen atoms in total. The van der Waals surface area contributed by atoms with Gasteiger partial charge < -0.3 is 73.5 Å². The van der Waals surface area contributed by atoms with Crippen LogP contribution < -0.4 is 103 Å². The van der Waals surface area contributed by atoms with Gasteiger partial charge in [-0.3, -0.25) is 29.0 Å². The first-order valence-corrected chi connectivity index (χ1v) is 29.2. The Bertz CT molecular complexity index is 3090. The number of carboxylic acid groups (broad SMARTS) is 4. The summed E-state index contributed by atoms with van der Waals surface area (Å²) in [4.78, 5) is 123. The van der Waals surface area contributed by atoms with E-state index in [1.165, 1.54) is 34.3 Å². The Morgan fingerprint density at radius 3 is 1.33 bits per heavy atom. The standard InChI is InChI=1S/2C20H22N10O7S3.2Na/c2*21-18-23-9(7-39-18)10(26-37-20(17(35)36)3-1-2-4-20)13(31)24-11-14(32)29-12(16(33)34)8(5-38-15(11)29)6-40-19-25-27-28-30(19)22;;/h2*7,11,15H,1-6,22H2,(H2,21,23)(H,24,31)(H,33,34)(H,35,36);;/q;;2*+1/p-2/b2*26-10-;;/t2*11-,15-;;/m11../s1. The number of oxime groups is 2. The molecule has 6 aliphatic rings. The Labute approximate surface area is 529 Å². The van der Waals surface area contributed by atoms with E-state index in [0.29, 0.717) is 36.8 Å². The first-order chi connectivity index (χ1) is 38.2. The summed E-state index contributed by atoms with van der Waals surface area (Å²) in [7, 11) is 0. The molecule has 12 N–H and O–H groups in total. The summed E-state index contributed by atoms with van der Waals surface area (Å²) < 4.78 is 0. The maximum atomic E-state index is 13.3. The van der Waals surface area contributed by atoms with Crippen LogP contribution in [0.2, 0.25) is 0 Å². The molecule has 2 saturated carbocycles. The van der Waals surface area contributed by atoms with E-state index in [1.54, 1.807) is 0 Å². The number of aliphatic carboxylic acids is 4. The number of nitrogens with zero attached hydrogens (tertiary/aromatic N) is 14. The Kier molecular flexibility index (Phi) is 20.9. The van der Waals surface area contributed by atoms with Crippen LogP contribution in [-0.2, 0) is 48.0 Å². The van der Waals surface area contributed by atoms with Crippen LogP contribution in [0.25, 0.3) is 0 Å². The largest absolute Gasteiger partial charge is 1.00 e. The number of thiazole rings is 2. The first kappa shape index (κ1) is 63.8. The predicted molar refractivity (Wildman–Crippen MR) is 277 cm³/mol. The third kappa shape index (κ3) is 13.1. The molecule has 10 rings (SSSR count). The molecule has 4 amide bonds. The second-order valence-electron chi connectivity index (χ2n) is 17.8. The minimum atomic E-state index is -1.58. The van der Waals surface area contributed by atoms with E-state index < -0.39 is 81.5 Å². The zero-order chi connectivity index (χ0) is 57.2.